The van der Waals surface area contributed by atoms with Crippen LogP contribution in [0.4, 0.5) is 0 Å². The molecule has 0 spiro atoms. The van der Waals surface area contributed by atoms with E-state index in [1.807, 2.05) is 77.5 Å². The Bertz CT molecular complexity index is 1180. The Hall–Kier alpha value is -4.06. The molecule has 1 N–H and O–H groups in total. The molecule has 4 rings (SSSR count). The van der Waals surface area contributed by atoms with Crippen molar-refractivity contribution in [2.45, 2.75) is 12.8 Å². The number of hydrogen-bond acceptors (Lipinski definition) is 4. The first-order chi connectivity index (χ1) is 15.7. The maximum absolute atomic E-state index is 10.8. The van der Waals surface area contributed by atoms with Gasteiger partial charge in [-0.3, -0.25) is 4.79 Å². The Morgan fingerprint density at radius 1 is 0.969 bits per heavy atom. The highest BCUT2D eigenvalue weighted by atomic mass is 16.5. The van der Waals surface area contributed by atoms with Gasteiger partial charge in [0.25, 0.3) is 0 Å². The van der Waals surface area contributed by atoms with Crippen LogP contribution in [-0.4, -0.2) is 34.6 Å². The first kappa shape index (κ1) is 21.2. The second-order valence-electron chi connectivity index (χ2n) is 7.23. The number of benzene rings is 3. The van der Waals surface area contributed by atoms with Crippen LogP contribution in [0.15, 0.2) is 84.9 Å². The summed E-state index contributed by atoms with van der Waals surface area (Å²) in [7, 11) is 1.64. The third-order valence-electron chi connectivity index (χ3n) is 5.05. The van der Waals surface area contributed by atoms with E-state index < -0.39 is 5.97 Å². The van der Waals surface area contributed by atoms with Crippen molar-refractivity contribution in [1.82, 2.24) is 9.78 Å². The minimum Gasteiger partial charge on any atom is -0.497 e. The summed E-state index contributed by atoms with van der Waals surface area (Å²) in [5.74, 6) is 0.631. The fraction of sp³-hybridized carbons (Fsp3) is 0.154. The maximum Gasteiger partial charge on any atom is 0.303 e. The third kappa shape index (κ3) is 4.81. The zero-order valence-corrected chi connectivity index (χ0v) is 17.8. The molecule has 0 aliphatic heterocycles. The summed E-state index contributed by atoms with van der Waals surface area (Å²) in [4.78, 5) is 10.8. The average Bonchev–Trinajstić information content (AvgIpc) is 3.28. The lowest BCUT2D eigenvalue weighted by Crippen LogP contribution is -2.03. The number of aliphatic carboxylic acids is 1. The molecule has 0 saturated carbocycles. The SMILES string of the molecule is COc1ccc(-n2nc(-c3ccccc3OCCCC(=O)O)cc2-c2ccccc2)cc1. The monoisotopic (exact) mass is 428 g/mol. The number of methoxy groups -OCH3 is 1. The molecule has 3 aromatic carbocycles. The molecule has 4 aromatic rings. The normalized spacial score (nSPS) is 10.7. The van der Waals surface area contributed by atoms with Gasteiger partial charge in [-0.05, 0) is 48.9 Å². The molecule has 0 saturated heterocycles. The van der Waals surface area contributed by atoms with Crippen LogP contribution in [0.3, 0.4) is 0 Å². The van der Waals surface area contributed by atoms with Crippen LogP contribution >= 0.6 is 0 Å². The highest BCUT2D eigenvalue weighted by Gasteiger charge is 2.16. The third-order valence-corrected chi connectivity index (χ3v) is 5.05. The summed E-state index contributed by atoms with van der Waals surface area (Å²) in [6.45, 7) is 0.327. The molecule has 0 fully saturated rings. The topological polar surface area (TPSA) is 73.6 Å². The molecule has 0 unspecified atom stereocenters. The van der Waals surface area contributed by atoms with Gasteiger partial charge in [0.1, 0.15) is 11.5 Å². The predicted molar refractivity (Wildman–Crippen MR) is 123 cm³/mol. The zero-order valence-electron chi connectivity index (χ0n) is 17.8. The van der Waals surface area contributed by atoms with Crippen LogP contribution in [0.25, 0.3) is 28.2 Å². The summed E-state index contributed by atoms with van der Waals surface area (Å²) in [5, 5.41) is 13.8. The second-order valence-corrected chi connectivity index (χ2v) is 7.23. The van der Waals surface area contributed by atoms with E-state index in [9.17, 15) is 4.79 Å². The van der Waals surface area contributed by atoms with Crippen molar-refractivity contribution in [2.24, 2.45) is 0 Å². The summed E-state index contributed by atoms with van der Waals surface area (Å²) in [5.41, 5.74) is 4.53. The van der Waals surface area contributed by atoms with E-state index in [2.05, 4.69) is 12.1 Å². The number of hydrogen-bond donors (Lipinski definition) is 1. The molecular formula is C26H24N2O4. The second kappa shape index (κ2) is 9.83. The minimum absolute atomic E-state index is 0.0758. The summed E-state index contributed by atoms with van der Waals surface area (Å²) < 4.78 is 13.1. The lowest BCUT2D eigenvalue weighted by atomic mass is 10.1. The predicted octanol–water partition coefficient (Wildman–Crippen LogP) is 5.46. The van der Waals surface area contributed by atoms with E-state index in [1.54, 1.807) is 7.11 Å². The zero-order chi connectivity index (χ0) is 22.3. The Morgan fingerprint density at radius 3 is 2.41 bits per heavy atom. The van der Waals surface area contributed by atoms with Crippen LogP contribution in [0.5, 0.6) is 11.5 Å². The van der Waals surface area contributed by atoms with Gasteiger partial charge in [-0.25, -0.2) is 4.68 Å². The number of carboxylic acids is 1. The number of aromatic nitrogens is 2. The minimum atomic E-state index is -0.826. The number of rotatable bonds is 9. The van der Waals surface area contributed by atoms with Gasteiger partial charge in [-0.15, -0.1) is 0 Å². The molecule has 6 nitrogen and oxygen atoms in total. The number of nitrogens with zero attached hydrogens (tertiary/aromatic N) is 2. The fourth-order valence-corrected chi connectivity index (χ4v) is 3.46. The van der Waals surface area contributed by atoms with E-state index in [1.165, 1.54) is 0 Å². The summed E-state index contributed by atoms with van der Waals surface area (Å²) in [6, 6.07) is 27.6. The van der Waals surface area contributed by atoms with Crippen molar-refractivity contribution >= 4 is 5.97 Å². The molecule has 0 aliphatic carbocycles. The Balaban J connectivity index is 1.73. The molecule has 1 heterocycles. The first-order valence-electron chi connectivity index (χ1n) is 10.4. The number of carbonyl (C=O) groups is 1. The van der Waals surface area contributed by atoms with Crippen molar-refractivity contribution < 1.29 is 19.4 Å². The van der Waals surface area contributed by atoms with Gasteiger partial charge < -0.3 is 14.6 Å². The Morgan fingerprint density at radius 2 is 1.69 bits per heavy atom. The molecule has 1 aromatic heterocycles. The lowest BCUT2D eigenvalue weighted by Gasteiger charge is -2.10. The average molecular weight is 428 g/mol. The van der Waals surface area contributed by atoms with Crippen LogP contribution < -0.4 is 9.47 Å². The standard InChI is InChI=1S/C26H24N2O4/c1-31-21-15-13-20(14-16-21)28-24(19-8-3-2-4-9-19)18-23(27-28)22-10-5-6-11-25(22)32-17-7-12-26(29)30/h2-6,8-11,13-16,18H,7,12,17H2,1H3,(H,29,30). The molecule has 162 valence electrons. The van der Waals surface area contributed by atoms with Gasteiger partial charge in [-0.2, -0.15) is 5.10 Å². The Labute approximate surface area is 186 Å². The van der Waals surface area contributed by atoms with Gasteiger partial charge in [0, 0.05) is 17.5 Å². The van der Waals surface area contributed by atoms with E-state index in [4.69, 9.17) is 19.7 Å². The fourth-order valence-electron chi connectivity index (χ4n) is 3.46. The van der Waals surface area contributed by atoms with Gasteiger partial charge in [0.15, 0.2) is 0 Å². The smallest absolute Gasteiger partial charge is 0.303 e. The molecule has 0 atom stereocenters. The van der Waals surface area contributed by atoms with Crippen LogP contribution in [-0.2, 0) is 4.79 Å². The summed E-state index contributed by atoms with van der Waals surface area (Å²) >= 11 is 0. The van der Waals surface area contributed by atoms with Crippen molar-refractivity contribution in [1.29, 1.82) is 0 Å². The van der Waals surface area contributed by atoms with Gasteiger partial charge >= 0.3 is 5.97 Å². The van der Waals surface area contributed by atoms with Crippen molar-refractivity contribution in [2.75, 3.05) is 13.7 Å². The van der Waals surface area contributed by atoms with E-state index in [0.717, 1.165) is 34.0 Å². The molecule has 0 aliphatic rings. The summed E-state index contributed by atoms with van der Waals surface area (Å²) in [6.07, 6.45) is 0.519. The van der Waals surface area contributed by atoms with Crippen LogP contribution in [0.1, 0.15) is 12.8 Å². The van der Waals surface area contributed by atoms with Crippen molar-refractivity contribution in [3.8, 4) is 39.7 Å². The van der Waals surface area contributed by atoms with E-state index >= 15 is 0 Å². The molecule has 0 amide bonds. The highest BCUT2D eigenvalue weighted by Crippen LogP contribution is 2.34. The number of ether oxygens (including phenoxy) is 2. The maximum atomic E-state index is 10.8. The largest absolute Gasteiger partial charge is 0.497 e. The highest BCUT2D eigenvalue weighted by molar-refractivity contribution is 5.74. The van der Waals surface area contributed by atoms with Gasteiger partial charge in [-0.1, -0.05) is 42.5 Å². The molecule has 0 radical (unpaired) electrons. The number of para-hydroxylation sites is 1. The molecule has 0 bridgehead atoms. The van der Waals surface area contributed by atoms with Crippen molar-refractivity contribution in [3.63, 3.8) is 0 Å². The lowest BCUT2D eigenvalue weighted by molar-refractivity contribution is -0.137. The molecule has 32 heavy (non-hydrogen) atoms. The van der Waals surface area contributed by atoms with Crippen molar-refractivity contribution in [3.05, 3.63) is 84.9 Å². The van der Waals surface area contributed by atoms with Gasteiger partial charge in [0.05, 0.1) is 30.8 Å². The van der Waals surface area contributed by atoms with Gasteiger partial charge in [0.2, 0.25) is 0 Å². The quantitative estimate of drug-likeness (QED) is 0.359. The number of carboxylic acid groups (broad SMARTS) is 1. The first-order valence-corrected chi connectivity index (χ1v) is 10.4. The Kier molecular flexibility index (Phi) is 6.51. The van der Waals surface area contributed by atoms with E-state index in [0.29, 0.717) is 18.8 Å². The van der Waals surface area contributed by atoms with E-state index in [-0.39, 0.29) is 6.42 Å². The van der Waals surface area contributed by atoms with Crippen LogP contribution in [0.2, 0.25) is 0 Å². The molecule has 6 heteroatoms. The van der Waals surface area contributed by atoms with Crippen LogP contribution in [0, 0.1) is 0 Å². The molecular weight excluding hydrogens is 404 g/mol.